The number of aliphatic carboxylic acids is 1. The van der Waals surface area contributed by atoms with E-state index in [0.717, 1.165) is 17.4 Å². The molecule has 102 valence electrons. The van der Waals surface area contributed by atoms with Gasteiger partial charge in [0.1, 0.15) is 11.8 Å². The van der Waals surface area contributed by atoms with Crippen molar-refractivity contribution in [3.05, 3.63) is 35.2 Å². The summed E-state index contributed by atoms with van der Waals surface area (Å²) in [6, 6.07) is 2.64. The van der Waals surface area contributed by atoms with E-state index >= 15 is 0 Å². The Hall–Kier alpha value is -1.86. The van der Waals surface area contributed by atoms with Crippen molar-refractivity contribution in [3.63, 3.8) is 0 Å². The number of carboxylic acid groups (broad SMARTS) is 1. The number of anilines is 1. The van der Waals surface area contributed by atoms with Crippen LogP contribution in [0, 0.1) is 0 Å². The highest BCUT2D eigenvalue weighted by molar-refractivity contribution is 7.13. The number of carboxylic acids is 1. The highest BCUT2D eigenvalue weighted by Gasteiger charge is 2.19. The fraction of sp³-hybridized carbons (Fsp3) is 0.333. The van der Waals surface area contributed by atoms with Gasteiger partial charge in [0.2, 0.25) is 0 Å². The Morgan fingerprint density at radius 2 is 2.47 bits per heavy atom. The first-order chi connectivity index (χ1) is 9.11. The van der Waals surface area contributed by atoms with Crippen LogP contribution in [-0.4, -0.2) is 22.6 Å². The molecule has 2 aromatic rings. The summed E-state index contributed by atoms with van der Waals surface area (Å²) >= 11 is 1.38. The average Bonchev–Trinajstić information content (AvgIpc) is 3.06. The van der Waals surface area contributed by atoms with Crippen LogP contribution >= 0.6 is 11.3 Å². The number of carbonyl (C=O) groups is 1. The number of rotatable bonds is 6. The van der Waals surface area contributed by atoms with Crippen LogP contribution < -0.4 is 10.6 Å². The first-order valence-corrected chi connectivity index (χ1v) is 6.71. The summed E-state index contributed by atoms with van der Waals surface area (Å²) in [5.41, 5.74) is 5.92. The maximum Gasteiger partial charge on any atom is 0.326 e. The number of furan rings is 1. The van der Waals surface area contributed by atoms with Crippen LogP contribution in [0.1, 0.15) is 24.4 Å². The van der Waals surface area contributed by atoms with Gasteiger partial charge in [0.25, 0.3) is 0 Å². The van der Waals surface area contributed by atoms with Gasteiger partial charge in [-0.15, -0.1) is 11.3 Å². The van der Waals surface area contributed by atoms with Gasteiger partial charge >= 0.3 is 5.97 Å². The van der Waals surface area contributed by atoms with Gasteiger partial charge in [-0.05, 0) is 19.1 Å². The predicted octanol–water partition coefficient (Wildman–Crippen LogP) is 1.85. The van der Waals surface area contributed by atoms with E-state index in [2.05, 4.69) is 4.98 Å². The fourth-order valence-electron chi connectivity index (χ4n) is 1.60. The molecule has 2 aromatic heterocycles. The molecular weight excluding hydrogens is 266 g/mol. The molecule has 0 aliphatic rings. The Morgan fingerprint density at radius 3 is 3.05 bits per heavy atom. The molecule has 1 atom stereocenters. The monoisotopic (exact) mass is 281 g/mol. The Balaban J connectivity index is 2.13. The fourth-order valence-corrected chi connectivity index (χ4v) is 2.52. The van der Waals surface area contributed by atoms with E-state index < -0.39 is 12.0 Å². The smallest absolute Gasteiger partial charge is 0.326 e. The number of hydrogen-bond acceptors (Lipinski definition) is 6. The summed E-state index contributed by atoms with van der Waals surface area (Å²) in [6.07, 6.45) is 1.62. The van der Waals surface area contributed by atoms with Crippen molar-refractivity contribution in [1.82, 2.24) is 4.98 Å². The second-order valence-electron chi connectivity index (χ2n) is 3.96. The normalized spacial score (nSPS) is 12.3. The van der Waals surface area contributed by atoms with Gasteiger partial charge in [0.15, 0.2) is 5.13 Å². The zero-order chi connectivity index (χ0) is 13.8. The summed E-state index contributed by atoms with van der Waals surface area (Å²) < 4.78 is 5.30. The topological polar surface area (TPSA) is 92.6 Å². The van der Waals surface area contributed by atoms with Gasteiger partial charge in [-0.3, -0.25) is 4.79 Å². The Morgan fingerprint density at radius 1 is 1.68 bits per heavy atom. The molecule has 2 heterocycles. The number of nitrogens with zero attached hydrogens (tertiary/aromatic N) is 2. The SMILES string of the molecule is CCN(Cc1ccco1)c1nc(C(N)C(=O)O)cs1. The number of hydrogen-bond donors (Lipinski definition) is 2. The lowest BCUT2D eigenvalue weighted by Crippen LogP contribution is -2.23. The number of aromatic nitrogens is 1. The summed E-state index contributed by atoms with van der Waals surface area (Å²) in [4.78, 5) is 17.1. The molecule has 1 unspecified atom stereocenters. The van der Waals surface area contributed by atoms with Crippen molar-refractivity contribution in [2.75, 3.05) is 11.4 Å². The quantitative estimate of drug-likeness (QED) is 0.839. The van der Waals surface area contributed by atoms with E-state index in [4.69, 9.17) is 15.3 Å². The standard InChI is InChI=1S/C12H15N3O3S/c1-2-15(6-8-4-3-5-18-8)12-14-9(7-19-12)10(13)11(16)17/h3-5,7,10H,2,6,13H2,1H3,(H,16,17). The zero-order valence-corrected chi connectivity index (χ0v) is 11.3. The van der Waals surface area contributed by atoms with Gasteiger partial charge in [-0.25, -0.2) is 4.98 Å². The second-order valence-corrected chi connectivity index (χ2v) is 4.80. The van der Waals surface area contributed by atoms with Crippen molar-refractivity contribution in [1.29, 1.82) is 0 Å². The molecule has 0 aromatic carbocycles. The number of nitrogens with two attached hydrogens (primary N) is 1. The lowest BCUT2D eigenvalue weighted by atomic mass is 10.2. The minimum atomic E-state index is -1.08. The van der Waals surface area contributed by atoms with Crippen molar-refractivity contribution < 1.29 is 14.3 Å². The minimum absolute atomic E-state index is 0.380. The van der Waals surface area contributed by atoms with Gasteiger partial charge in [0, 0.05) is 11.9 Å². The lowest BCUT2D eigenvalue weighted by Gasteiger charge is -2.18. The third kappa shape index (κ3) is 3.12. The van der Waals surface area contributed by atoms with Crippen LogP contribution in [0.4, 0.5) is 5.13 Å². The van der Waals surface area contributed by atoms with Crippen molar-refractivity contribution in [2.24, 2.45) is 5.73 Å². The maximum absolute atomic E-state index is 10.8. The molecule has 0 saturated carbocycles. The van der Waals surface area contributed by atoms with Crippen LogP contribution in [0.15, 0.2) is 28.2 Å². The van der Waals surface area contributed by atoms with E-state index in [-0.39, 0.29) is 0 Å². The third-order valence-electron chi connectivity index (χ3n) is 2.67. The van der Waals surface area contributed by atoms with Crippen molar-refractivity contribution >= 4 is 22.4 Å². The van der Waals surface area contributed by atoms with Gasteiger partial charge < -0.3 is 20.2 Å². The summed E-state index contributed by atoms with van der Waals surface area (Å²) in [5, 5.41) is 11.3. The predicted molar refractivity (Wildman–Crippen MR) is 72.1 cm³/mol. The second kappa shape index (κ2) is 5.85. The third-order valence-corrected chi connectivity index (χ3v) is 3.59. The molecule has 0 aliphatic carbocycles. The largest absolute Gasteiger partial charge is 0.480 e. The van der Waals surface area contributed by atoms with Gasteiger partial charge in [-0.2, -0.15) is 0 Å². The zero-order valence-electron chi connectivity index (χ0n) is 10.4. The molecule has 19 heavy (non-hydrogen) atoms. The molecule has 0 bridgehead atoms. The van der Waals surface area contributed by atoms with Crippen LogP contribution in [0.3, 0.4) is 0 Å². The molecular formula is C12H15N3O3S. The molecule has 0 fully saturated rings. The van der Waals surface area contributed by atoms with E-state index in [1.807, 2.05) is 24.0 Å². The molecule has 7 heteroatoms. The summed E-state index contributed by atoms with van der Waals surface area (Å²) in [7, 11) is 0. The first-order valence-electron chi connectivity index (χ1n) is 5.83. The molecule has 0 spiro atoms. The lowest BCUT2D eigenvalue weighted by molar-refractivity contribution is -0.138. The molecule has 0 saturated heterocycles. The molecule has 0 radical (unpaired) electrons. The Labute approximate surface area is 114 Å². The molecule has 0 aliphatic heterocycles. The Kier molecular flexibility index (Phi) is 4.18. The maximum atomic E-state index is 10.8. The van der Waals surface area contributed by atoms with E-state index in [1.54, 1.807) is 11.6 Å². The molecule has 2 rings (SSSR count). The van der Waals surface area contributed by atoms with Gasteiger partial charge in [-0.1, -0.05) is 0 Å². The van der Waals surface area contributed by atoms with Crippen LogP contribution in [-0.2, 0) is 11.3 Å². The molecule has 6 nitrogen and oxygen atoms in total. The first kappa shape index (κ1) is 13.6. The van der Waals surface area contributed by atoms with E-state index in [9.17, 15) is 4.79 Å². The number of thiazole rings is 1. The molecule has 0 amide bonds. The van der Waals surface area contributed by atoms with Crippen LogP contribution in [0.25, 0.3) is 0 Å². The van der Waals surface area contributed by atoms with Gasteiger partial charge in [0.05, 0.1) is 18.5 Å². The Bertz CT molecular complexity index is 538. The summed E-state index contributed by atoms with van der Waals surface area (Å²) in [5.74, 6) is -0.243. The minimum Gasteiger partial charge on any atom is -0.480 e. The van der Waals surface area contributed by atoms with E-state index in [1.165, 1.54) is 11.3 Å². The van der Waals surface area contributed by atoms with Crippen LogP contribution in [0.5, 0.6) is 0 Å². The summed E-state index contributed by atoms with van der Waals surface area (Å²) in [6.45, 7) is 3.34. The average molecular weight is 281 g/mol. The van der Waals surface area contributed by atoms with Crippen LogP contribution in [0.2, 0.25) is 0 Å². The van der Waals surface area contributed by atoms with Crippen molar-refractivity contribution in [2.45, 2.75) is 19.5 Å². The van der Waals surface area contributed by atoms with E-state index in [0.29, 0.717) is 12.2 Å². The highest BCUT2D eigenvalue weighted by atomic mass is 32.1. The van der Waals surface area contributed by atoms with Crippen molar-refractivity contribution in [3.8, 4) is 0 Å². The molecule has 3 N–H and O–H groups in total. The highest BCUT2D eigenvalue weighted by Crippen LogP contribution is 2.24.